The molecule has 0 aliphatic heterocycles. The lowest BCUT2D eigenvalue weighted by molar-refractivity contribution is 0.0515. The van der Waals surface area contributed by atoms with Gasteiger partial charge in [0.1, 0.15) is 0 Å². The quantitative estimate of drug-likeness (QED) is 0.914. The minimum Gasteiger partial charge on any atom is -0.388 e. The van der Waals surface area contributed by atoms with Crippen LogP contribution in [0.4, 0.5) is 0 Å². The number of nitrogens with zero attached hydrogens (tertiary/aromatic N) is 1. The summed E-state index contributed by atoms with van der Waals surface area (Å²) in [6, 6.07) is 2.09. The Morgan fingerprint density at radius 2 is 2.10 bits per heavy atom. The highest BCUT2D eigenvalue weighted by Gasteiger charge is 2.33. The van der Waals surface area contributed by atoms with Crippen molar-refractivity contribution in [3.63, 3.8) is 0 Å². The number of hydrogen-bond acceptors (Lipinski definition) is 2. The minimum absolute atomic E-state index is 0.189. The van der Waals surface area contributed by atoms with Crippen LogP contribution in [-0.2, 0) is 17.7 Å². The number of aliphatic hydroxyl groups excluding tert-OH is 1. The standard InChI is InChI=1S/C17H27NO2/c1-17(2)11-15-14(16(19)12-17)7-8-18(15)9-10-20-13-5-3-4-6-13/h7-8,13,16,19H,3-6,9-12H2,1-2H3. The van der Waals surface area contributed by atoms with Crippen molar-refractivity contribution in [2.24, 2.45) is 5.41 Å². The smallest absolute Gasteiger partial charge is 0.0812 e. The van der Waals surface area contributed by atoms with E-state index in [1.54, 1.807) is 0 Å². The number of fused-ring (bicyclic) bond motifs is 1. The van der Waals surface area contributed by atoms with Gasteiger partial charge in [0.2, 0.25) is 0 Å². The van der Waals surface area contributed by atoms with Crippen LogP contribution in [0.1, 0.15) is 63.3 Å². The zero-order chi connectivity index (χ0) is 14.2. The van der Waals surface area contributed by atoms with Crippen molar-refractivity contribution in [3.05, 3.63) is 23.5 Å². The zero-order valence-corrected chi connectivity index (χ0v) is 12.8. The van der Waals surface area contributed by atoms with E-state index in [0.29, 0.717) is 6.10 Å². The molecule has 2 aliphatic rings. The topological polar surface area (TPSA) is 34.4 Å². The van der Waals surface area contributed by atoms with Gasteiger partial charge in [-0.25, -0.2) is 0 Å². The molecule has 1 aromatic rings. The summed E-state index contributed by atoms with van der Waals surface area (Å²) in [5, 5.41) is 10.3. The molecule has 1 N–H and O–H groups in total. The predicted octanol–water partition coefficient (Wildman–Crippen LogP) is 3.45. The second kappa shape index (κ2) is 5.53. The van der Waals surface area contributed by atoms with Crippen LogP contribution in [-0.4, -0.2) is 22.4 Å². The molecule has 0 radical (unpaired) electrons. The van der Waals surface area contributed by atoms with Crippen molar-refractivity contribution >= 4 is 0 Å². The molecule has 1 fully saturated rings. The van der Waals surface area contributed by atoms with Gasteiger partial charge in [0.25, 0.3) is 0 Å². The van der Waals surface area contributed by atoms with E-state index in [0.717, 1.165) is 31.6 Å². The molecule has 0 amide bonds. The molecule has 0 spiro atoms. The number of ether oxygens (including phenoxy) is 1. The van der Waals surface area contributed by atoms with Crippen LogP contribution >= 0.6 is 0 Å². The highest BCUT2D eigenvalue weighted by Crippen LogP contribution is 2.41. The third-order valence-corrected chi connectivity index (χ3v) is 4.85. The van der Waals surface area contributed by atoms with E-state index in [-0.39, 0.29) is 11.5 Å². The van der Waals surface area contributed by atoms with Gasteiger partial charge < -0.3 is 14.4 Å². The molecule has 2 aliphatic carbocycles. The first-order chi connectivity index (χ1) is 9.55. The van der Waals surface area contributed by atoms with E-state index >= 15 is 0 Å². The molecular formula is C17H27NO2. The van der Waals surface area contributed by atoms with Crippen molar-refractivity contribution in [2.75, 3.05) is 6.61 Å². The van der Waals surface area contributed by atoms with Crippen LogP contribution in [0.5, 0.6) is 0 Å². The van der Waals surface area contributed by atoms with Gasteiger partial charge in [-0.05, 0) is 37.2 Å². The summed E-state index contributed by atoms with van der Waals surface area (Å²) in [6.45, 7) is 6.19. The Morgan fingerprint density at radius 3 is 2.85 bits per heavy atom. The van der Waals surface area contributed by atoms with E-state index < -0.39 is 0 Å². The summed E-state index contributed by atoms with van der Waals surface area (Å²) in [5.41, 5.74) is 2.63. The van der Waals surface area contributed by atoms with Crippen LogP contribution in [0.3, 0.4) is 0 Å². The fourth-order valence-electron chi connectivity index (χ4n) is 3.77. The third kappa shape index (κ3) is 2.94. The first-order valence-electron chi connectivity index (χ1n) is 8.03. The van der Waals surface area contributed by atoms with Crippen LogP contribution in [0.15, 0.2) is 12.3 Å². The molecule has 3 nitrogen and oxygen atoms in total. The lowest BCUT2D eigenvalue weighted by Crippen LogP contribution is -2.27. The number of rotatable bonds is 4. The largest absolute Gasteiger partial charge is 0.388 e. The maximum atomic E-state index is 10.3. The van der Waals surface area contributed by atoms with Crippen LogP contribution in [0.25, 0.3) is 0 Å². The van der Waals surface area contributed by atoms with E-state index in [9.17, 15) is 5.11 Å². The molecule has 1 heterocycles. The van der Waals surface area contributed by atoms with Gasteiger partial charge in [-0.15, -0.1) is 0 Å². The Kier molecular flexibility index (Phi) is 3.91. The monoisotopic (exact) mass is 277 g/mol. The molecule has 3 rings (SSSR count). The summed E-state index contributed by atoms with van der Waals surface area (Å²) in [4.78, 5) is 0. The van der Waals surface area contributed by atoms with Crippen LogP contribution in [0.2, 0.25) is 0 Å². The summed E-state index contributed by atoms with van der Waals surface area (Å²) in [5.74, 6) is 0. The number of hydrogen-bond donors (Lipinski definition) is 1. The highest BCUT2D eigenvalue weighted by molar-refractivity contribution is 5.29. The predicted molar refractivity (Wildman–Crippen MR) is 79.7 cm³/mol. The number of aliphatic hydroxyl groups is 1. The normalized spacial score (nSPS) is 25.9. The van der Waals surface area contributed by atoms with E-state index in [1.165, 1.54) is 31.4 Å². The molecule has 1 saturated carbocycles. The van der Waals surface area contributed by atoms with Crippen molar-refractivity contribution in [1.82, 2.24) is 4.57 Å². The Labute approximate surface area is 121 Å². The second-order valence-electron chi connectivity index (χ2n) is 7.25. The third-order valence-electron chi connectivity index (χ3n) is 4.85. The molecular weight excluding hydrogens is 250 g/mol. The fourth-order valence-corrected chi connectivity index (χ4v) is 3.77. The summed E-state index contributed by atoms with van der Waals surface area (Å²) >= 11 is 0. The molecule has 1 aromatic heterocycles. The molecule has 1 unspecified atom stereocenters. The lowest BCUT2D eigenvalue weighted by Gasteiger charge is -2.34. The van der Waals surface area contributed by atoms with Crippen LogP contribution in [0, 0.1) is 5.41 Å². The average Bonchev–Trinajstić information content (AvgIpc) is 2.98. The molecule has 0 saturated heterocycles. The minimum atomic E-state index is -0.300. The molecule has 3 heteroatoms. The van der Waals surface area contributed by atoms with E-state index in [4.69, 9.17) is 4.74 Å². The van der Waals surface area contributed by atoms with Crippen molar-refractivity contribution < 1.29 is 9.84 Å². The highest BCUT2D eigenvalue weighted by atomic mass is 16.5. The lowest BCUT2D eigenvalue weighted by atomic mass is 9.75. The fraction of sp³-hybridized carbons (Fsp3) is 0.765. The Hall–Kier alpha value is -0.800. The second-order valence-corrected chi connectivity index (χ2v) is 7.25. The molecule has 1 atom stereocenters. The Morgan fingerprint density at radius 1 is 1.35 bits per heavy atom. The average molecular weight is 277 g/mol. The molecule has 20 heavy (non-hydrogen) atoms. The maximum absolute atomic E-state index is 10.3. The Balaban J connectivity index is 1.63. The van der Waals surface area contributed by atoms with Gasteiger partial charge in [0.15, 0.2) is 0 Å². The first kappa shape index (κ1) is 14.2. The van der Waals surface area contributed by atoms with Crippen molar-refractivity contribution in [1.29, 1.82) is 0 Å². The van der Waals surface area contributed by atoms with E-state index in [2.05, 4.69) is 30.7 Å². The summed E-state index contributed by atoms with van der Waals surface area (Å²) < 4.78 is 8.25. The first-order valence-corrected chi connectivity index (χ1v) is 8.03. The molecule has 112 valence electrons. The van der Waals surface area contributed by atoms with Crippen molar-refractivity contribution in [3.8, 4) is 0 Å². The van der Waals surface area contributed by atoms with Gasteiger partial charge in [0, 0.05) is 24.0 Å². The van der Waals surface area contributed by atoms with Crippen LogP contribution < -0.4 is 0 Å². The van der Waals surface area contributed by atoms with Gasteiger partial charge >= 0.3 is 0 Å². The SMILES string of the molecule is CC1(C)Cc2c(ccn2CCOC2CCCC2)C(O)C1. The molecule has 0 bridgehead atoms. The number of aromatic nitrogens is 1. The summed E-state index contributed by atoms with van der Waals surface area (Å²) in [7, 11) is 0. The molecule has 0 aromatic carbocycles. The van der Waals surface area contributed by atoms with Crippen molar-refractivity contribution in [2.45, 2.75) is 71.1 Å². The Bertz CT molecular complexity index is 458. The summed E-state index contributed by atoms with van der Waals surface area (Å²) in [6.07, 6.45) is 9.33. The zero-order valence-electron chi connectivity index (χ0n) is 12.8. The van der Waals surface area contributed by atoms with Gasteiger partial charge in [-0.1, -0.05) is 26.7 Å². The van der Waals surface area contributed by atoms with Gasteiger partial charge in [-0.2, -0.15) is 0 Å². The van der Waals surface area contributed by atoms with Gasteiger partial charge in [-0.3, -0.25) is 0 Å². The van der Waals surface area contributed by atoms with Gasteiger partial charge in [0.05, 0.1) is 18.8 Å². The maximum Gasteiger partial charge on any atom is 0.0812 e. The van der Waals surface area contributed by atoms with E-state index in [1.807, 2.05) is 0 Å².